The fourth-order valence-electron chi connectivity index (χ4n) is 5.01. The number of hydrogen-bond donors (Lipinski definition) is 0. The minimum atomic E-state index is -0.295. The summed E-state index contributed by atoms with van der Waals surface area (Å²) in [4.78, 5) is 9.30. The summed E-state index contributed by atoms with van der Waals surface area (Å²) < 4.78 is 28.8. The van der Waals surface area contributed by atoms with Crippen molar-refractivity contribution in [3.63, 3.8) is 0 Å². The third-order valence-electron chi connectivity index (χ3n) is 7.06. The summed E-state index contributed by atoms with van der Waals surface area (Å²) in [6, 6.07) is 18.7. The highest BCUT2D eigenvalue weighted by molar-refractivity contribution is 5.61. The van der Waals surface area contributed by atoms with Gasteiger partial charge in [-0.2, -0.15) is 5.10 Å². The van der Waals surface area contributed by atoms with Crippen molar-refractivity contribution in [3.05, 3.63) is 90.3 Å². The van der Waals surface area contributed by atoms with Gasteiger partial charge in [0.2, 0.25) is 0 Å². The molecule has 3 unspecified atom stereocenters. The molecule has 4 aromatic rings. The third kappa shape index (κ3) is 4.91. The Morgan fingerprint density at radius 3 is 2.29 bits per heavy atom. The molecule has 1 fully saturated rings. The van der Waals surface area contributed by atoms with E-state index in [0.29, 0.717) is 35.9 Å². The molecule has 5 rings (SSSR count). The molecule has 0 spiro atoms. The van der Waals surface area contributed by atoms with E-state index < -0.39 is 0 Å². The van der Waals surface area contributed by atoms with Gasteiger partial charge in [0, 0.05) is 35.5 Å². The first-order chi connectivity index (χ1) is 16.6. The van der Waals surface area contributed by atoms with E-state index in [1.807, 2.05) is 16.9 Å². The summed E-state index contributed by atoms with van der Waals surface area (Å²) in [5.41, 5.74) is 2.77. The maximum Gasteiger partial charge on any atom is 0.181 e. The smallest absolute Gasteiger partial charge is 0.181 e. The molecule has 6 heteroatoms. The molecular formula is C28H28F2N4. The maximum atomic E-state index is 13.5. The number of nitrogens with zero attached hydrogens (tertiary/aromatic N) is 4. The van der Waals surface area contributed by atoms with Gasteiger partial charge in [-0.25, -0.2) is 18.4 Å². The normalized spacial score (nSPS) is 18.8. The van der Waals surface area contributed by atoms with Gasteiger partial charge in [-0.1, -0.05) is 13.0 Å². The monoisotopic (exact) mass is 458 g/mol. The van der Waals surface area contributed by atoms with Gasteiger partial charge in [-0.15, -0.1) is 0 Å². The number of benzene rings is 2. The molecule has 0 saturated heterocycles. The van der Waals surface area contributed by atoms with Crippen LogP contribution in [0.4, 0.5) is 8.78 Å². The lowest BCUT2D eigenvalue weighted by Crippen LogP contribution is -2.13. The molecule has 0 radical (unpaired) electrons. The van der Waals surface area contributed by atoms with Gasteiger partial charge in [-0.3, -0.25) is 4.98 Å². The molecule has 0 N–H and O–H groups in total. The Morgan fingerprint density at radius 2 is 1.62 bits per heavy atom. The topological polar surface area (TPSA) is 43.6 Å². The van der Waals surface area contributed by atoms with Gasteiger partial charge in [-0.05, 0) is 98.2 Å². The second kappa shape index (κ2) is 9.84. The molecule has 174 valence electrons. The number of hydrogen-bond acceptors (Lipinski definition) is 3. The Bertz CT molecular complexity index is 1220. The summed E-state index contributed by atoms with van der Waals surface area (Å²) >= 11 is 0. The van der Waals surface area contributed by atoms with Crippen LogP contribution in [0.2, 0.25) is 0 Å². The molecule has 34 heavy (non-hydrogen) atoms. The average molecular weight is 459 g/mol. The number of aromatic nitrogens is 4. The molecular weight excluding hydrogens is 430 g/mol. The van der Waals surface area contributed by atoms with Crippen LogP contribution in [0.3, 0.4) is 0 Å². The van der Waals surface area contributed by atoms with E-state index in [1.165, 1.54) is 49.2 Å². The third-order valence-corrected chi connectivity index (χ3v) is 7.06. The fourth-order valence-corrected chi connectivity index (χ4v) is 5.01. The molecule has 2 aromatic heterocycles. The van der Waals surface area contributed by atoms with Crippen molar-refractivity contribution in [3.8, 4) is 22.8 Å². The molecule has 2 aromatic carbocycles. The van der Waals surface area contributed by atoms with Crippen LogP contribution in [0, 0.1) is 23.5 Å². The van der Waals surface area contributed by atoms with E-state index in [0.717, 1.165) is 17.5 Å². The van der Waals surface area contributed by atoms with Crippen LogP contribution in [-0.4, -0.2) is 19.7 Å². The number of halogens is 2. The van der Waals surface area contributed by atoms with E-state index in [2.05, 4.69) is 24.0 Å². The minimum Gasteiger partial charge on any atom is -0.261 e. The SMILES string of the molecule is CC(CCn1nc(-c2ccc(F)cc2)nc1-c1ccc(F)cc1)C1CCC(c2ccccn2)C1. The zero-order valence-corrected chi connectivity index (χ0v) is 19.2. The first-order valence-electron chi connectivity index (χ1n) is 11.9. The molecule has 1 saturated carbocycles. The molecule has 0 aliphatic heterocycles. The Kier molecular flexibility index (Phi) is 6.48. The van der Waals surface area contributed by atoms with E-state index in [9.17, 15) is 8.78 Å². The zero-order chi connectivity index (χ0) is 23.5. The molecule has 1 aliphatic carbocycles. The van der Waals surface area contributed by atoms with Crippen LogP contribution < -0.4 is 0 Å². The van der Waals surface area contributed by atoms with Crippen molar-refractivity contribution in [1.82, 2.24) is 19.7 Å². The Morgan fingerprint density at radius 1 is 0.912 bits per heavy atom. The van der Waals surface area contributed by atoms with Crippen molar-refractivity contribution >= 4 is 0 Å². The summed E-state index contributed by atoms with van der Waals surface area (Å²) in [5, 5.41) is 4.75. The van der Waals surface area contributed by atoms with Crippen molar-refractivity contribution in [1.29, 1.82) is 0 Å². The van der Waals surface area contributed by atoms with Crippen LogP contribution in [0.25, 0.3) is 22.8 Å². The molecule has 4 nitrogen and oxygen atoms in total. The van der Waals surface area contributed by atoms with E-state index >= 15 is 0 Å². The first kappa shape index (κ1) is 22.4. The predicted octanol–water partition coefficient (Wildman–Crippen LogP) is 6.90. The van der Waals surface area contributed by atoms with Crippen LogP contribution in [-0.2, 0) is 6.54 Å². The quantitative estimate of drug-likeness (QED) is 0.303. The summed E-state index contributed by atoms with van der Waals surface area (Å²) in [6.07, 6.45) is 6.42. The van der Waals surface area contributed by atoms with Gasteiger partial charge in [0.05, 0.1) is 0 Å². The minimum absolute atomic E-state index is 0.286. The maximum absolute atomic E-state index is 13.5. The van der Waals surface area contributed by atoms with Crippen molar-refractivity contribution in [2.45, 2.75) is 45.1 Å². The van der Waals surface area contributed by atoms with Crippen molar-refractivity contribution in [2.24, 2.45) is 11.8 Å². The van der Waals surface area contributed by atoms with Gasteiger partial charge >= 0.3 is 0 Å². The first-order valence-corrected chi connectivity index (χ1v) is 11.9. The van der Waals surface area contributed by atoms with Crippen LogP contribution in [0.15, 0.2) is 72.9 Å². The average Bonchev–Trinajstić information content (AvgIpc) is 3.52. The van der Waals surface area contributed by atoms with Gasteiger partial charge in [0.25, 0.3) is 0 Å². The summed E-state index contributed by atoms with van der Waals surface area (Å²) in [6.45, 7) is 3.04. The second-order valence-electron chi connectivity index (χ2n) is 9.29. The van der Waals surface area contributed by atoms with Crippen LogP contribution in [0.5, 0.6) is 0 Å². The molecule has 2 heterocycles. The largest absolute Gasteiger partial charge is 0.261 e. The van der Waals surface area contributed by atoms with Gasteiger partial charge < -0.3 is 0 Å². The Labute approximate surface area is 198 Å². The predicted molar refractivity (Wildman–Crippen MR) is 129 cm³/mol. The lowest BCUT2D eigenvalue weighted by Gasteiger charge is -2.20. The van der Waals surface area contributed by atoms with Crippen LogP contribution in [0.1, 0.15) is 44.2 Å². The molecule has 0 amide bonds. The van der Waals surface area contributed by atoms with E-state index in [4.69, 9.17) is 10.1 Å². The highest BCUT2D eigenvalue weighted by Crippen LogP contribution is 2.42. The van der Waals surface area contributed by atoms with Crippen molar-refractivity contribution < 1.29 is 8.78 Å². The molecule has 0 bridgehead atoms. The highest BCUT2D eigenvalue weighted by atomic mass is 19.1. The van der Waals surface area contributed by atoms with Gasteiger partial charge in [0.15, 0.2) is 11.6 Å². The zero-order valence-electron chi connectivity index (χ0n) is 19.2. The van der Waals surface area contributed by atoms with Gasteiger partial charge in [0.1, 0.15) is 11.6 Å². The standard InChI is InChI=1S/C28H28F2N4/c1-19(22-5-6-23(18-22)26-4-2-3-16-31-26)15-17-34-28(21-9-13-25(30)14-10-21)32-27(33-34)20-7-11-24(29)12-8-20/h2-4,7-14,16,19,22-23H,5-6,15,17-18H2,1H3. The fraction of sp³-hybridized carbons (Fsp3) is 0.321. The second-order valence-corrected chi connectivity index (χ2v) is 9.29. The Balaban J connectivity index is 1.33. The lowest BCUT2D eigenvalue weighted by atomic mass is 9.88. The Hall–Kier alpha value is -3.41. The van der Waals surface area contributed by atoms with E-state index in [-0.39, 0.29) is 11.6 Å². The number of aryl methyl sites for hydroxylation is 1. The molecule has 1 aliphatic rings. The number of pyridine rings is 1. The summed E-state index contributed by atoms with van der Waals surface area (Å²) in [7, 11) is 0. The van der Waals surface area contributed by atoms with Crippen LogP contribution >= 0.6 is 0 Å². The van der Waals surface area contributed by atoms with E-state index in [1.54, 1.807) is 24.3 Å². The highest BCUT2D eigenvalue weighted by Gasteiger charge is 2.30. The lowest BCUT2D eigenvalue weighted by molar-refractivity contribution is 0.321. The summed E-state index contributed by atoms with van der Waals surface area (Å²) in [5.74, 6) is 2.39. The van der Waals surface area contributed by atoms with Crippen molar-refractivity contribution in [2.75, 3.05) is 0 Å². The number of rotatable bonds is 7. The molecule has 3 atom stereocenters.